The maximum Gasteiger partial charge on any atom is 0.279 e. The molecule has 112 valence electrons. The topological polar surface area (TPSA) is 58.6 Å². The van der Waals surface area contributed by atoms with Crippen molar-refractivity contribution < 1.29 is 13.2 Å². The van der Waals surface area contributed by atoms with Gasteiger partial charge in [-0.1, -0.05) is 29.8 Å². The van der Waals surface area contributed by atoms with Gasteiger partial charge >= 0.3 is 0 Å². The molecule has 1 aromatic rings. The molecule has 2 rings (SSSR count). The number of benzene rings is 1. The van der Waals surface area contributed by atoms with Crippen LogP contribution in [0.4, 0.5) is 0 Å². The van der Waals surface area contributed by atoms with Gasteiger partial charge in [-0.3, -0.25) is 0 Å². The minimum atomic E-state index is -3.44. The first-order valence-electron chi connectivity index (χ1n) is 6.78. The van der Waals surface area contributed by atoms with Crippen LogP contribution in [0.15, 0.2) is 24.3 Å². The quantitative estimate of drug-likeness (QED) is 0.919. The molecule has 0 amide bonds. The van der Waals surface area contributed by atoms with Crippen LogP contribution in [0.25, 0.3) is 0 Å². The van der Waals surface area contributed by atoms with Crippen molar-refractivity contribution in [2.75, 3.05) is 20.7 Å². The number of rotatable bonds is 4. The van der Waals surface area contributed by atoms with E-state index in [1.807, 2.05) is 31.2 Å². The zero-order valence-electron chi connectivity index (χ0n) is 12.2. The number of aryl methyl sites for hydroxylation is 1. The van der Waals surface area contributed by atoms with E-state index < -0.39 is 10.2 Å². The lowest BCUT2D eigenvalue weighted by atomic mass is 9.96. The van der Waals surface area contributed by atoms with Crippen molar-refractivity contribution in [1.29, 1.82) is 0 Å². The second-order valence-electron chi connectivity index (χ2n) is 5.36. The first-order valence-corrected chi connectivity index (χ1v) is 8.22. The lowest BCUT2D eigenvalue weighted by Crippen LogP contribution is -2.47. The molecule has 0 spiro atoms. The molecule has 0 radical (unpaired) electrons. The van der Waals surface area contributed by atoms with Crippen LogP contribution in [0.2, 0.25) is 0 Å². The van der Waals surface area contributed by atoms with Gasteiger partial charge in [0.05, 0.1) is 12.1 Å². The molecule has 20 heavy (non-hydrogen) atoms. The maximum atomic E-state index is 12.0. The third kappa shape index (κ3) is 3.58. The molecule has 1 aromatic carbocycles. The summed E-state index contributed by atoms with van der Waals surface area (Å²) >= 11 is 0. The summed E-state index contributed by atoms with van der Waals surface area (Å²) in [6.45, 7) is 2.69. The van der Waals surface area contributed by atoms with Gasteiger partial charge in [0.1, 0.15) is 0 Å². The van der Waals surface area contributed by atoms with Crippen molar-refractivity contribution in [3.8, 4) is 0 Å². The molecule has 1 saturated heterocycles. The Hall–Kier alpha value is -0.950. The summed E-state index contributed by atoms with van der Waals surface area (Å²) in [7, 11) is -0.402. The van der Waals surface area contributed by atoms with Gasteiger partial charge < -0.3 is 4.74 Å². The predicted molar refractivity (Wildman–Crippen MR) is 78.6 cm³/mol. The van der Waals surface area contributed by atoms with E-state index in [4.69, 9.17) is 4.74 Å². The normalized spacial score (nSPS) is 24.0. The zero-order chi connectivity index (χ0) is 14.8. The Bertz CT molecular complexity index is 540. The van der Waals surface area contributed by atoms with Crippen molar-refractivity contribution in [1.82, 2.24) is 9.03 Å². The Morgan fingerprint density at radius 1 is 1.25 bits per heavy atom. The molecule has 1 aliphatic heterocycles. The predicted octanol–water partition coefficient (Wildman–Crippen LogP) is 1.61. The first-order chi connectivity index (χ1) is 9.40. The molecule has 0 aromatic heterocycles. The average Bonchev–Trinajstić information content (AvgIpc) is 2.40. The monoisotopic (exact) mass is 298 g/mol. The van der Waals surface area contributed by atoms with Crippen LogP contribution in [-0.4, -0.2) is 39.5 Å². The fourth-order valence-electron chi connectivity index (χ4n) is 2.28. The standard InChI is InChI=1S/C14H22N2O3S/c1-11-6-8-12(9-7-11)14-13(5-4-10-19-14)15-20(17,18)16(2)3/h6-9,13-15H,4-5,10H2,1-3H3/t13-,14+/m0/s1. The van der Waals surface area contributed by atoms with Crippen molar-refractivity contribution in [2.45, 2.75) is 31.9 Å². The molecular weight excluding hydrogens is 276 g/mol. The van der Waals surface area contributed by atoms with E-state index in [0.29, 0.717) is 6.61 Å². The van der Waals surface area contributed by atoms with Crippen molar-refractivity contribution in [2.24, 2.45) is 0 Å². The number of ether oxygens (including phenoxy) is 1. The number of nitrogens with one attached hydrogen (secondary N) is 1. The van der Waals surface area contributed by atoms with Crippen molar-refractivity contribution in [3.05, 3.63) is 35.4 Å². The summed E-state index contributed by atoms with van der Waals surface area (Å²) in [6, 6.07) is 7.82. The van der Waals surface area contributed by atoms with Gasteiger partial charge in [0.2, 0.25) is 0 Å². The molecule has 1 aliphatic rings. The lowest BCUT2D eigenvalue weighted by molar-refractivity contribution is -0.00473. The highest BCUT2D eigenvalue weighted by Crippen LogP contribution is 2.29. The minimum absolute atomic E-state index is 0.223. The Morgan fingerprint density at radius 3 is 2.50 bits per heavy atom. The van der Waals surface area contributed by atoms with Gasteiger partial charge in [0, 0.05) is 20.7 Å². The van der Waals surface area contributed by atoms with Crippen molar-refractivity contribution >= 4 is 10.2 Å². The smallest absolute Gasteiger partial charge is 0.279 e. The van der Waals surface area contributed by atoms with Crippen LogP contribution < -0.4 is 4.72 Å². The Balaban J connectivity index is 2.19. The van der Waals surface area contributed by atoms with Crippen LogP contribution in [0.1, 0.15) is 30.1 Å². The Labute approximate surface area is 121 Å². The Kier molecular flexibility index (Phi) is 4.80. The van der Waals surface area contributed by atoms with Gasteiger partial charge in [-0.15, -0.1) is 0 Å². The van der Waals surface area contributed by atoms with Crippen LogP contribution >= 0.6 is 0 Å². The summed E-state index contributed by atoms with van der Waals surface area (Å²) < 4.78 is 33.7. The average molecular weight is 298 g/mol. The van der Waals surface area contributed by atoms with Gasteiger partial charge in [-0.25, -0.2) is 0 Å². The molecule has 0 unspecified atom stereocenters. The van der Waals surface area contributed by atoms with Gasteiger partial charge in [0.25, 0.3) is 10.2 Å². The number of hydrogen-bond donors (Lipinski definition) is 1. The highest BCUT2D eigenvalue weighted by molar-refractivity contribution is 7.87. The zero-order valence-corrected chi connectivity index (χ0v) is 13.0. The summed E-state index contributed by atoms with van der Waals surface area (Å²) in [6.07, 6.45) is 1.42. The van der Waals surface area contributed by atoms with E-state index in [1.54, 1.807) is 0 Å². The largest absolute Gasteiger partial charge is 0.372 e. The van der Waals surface area contributed by atoms with Gasteiger partial charge in [-0.05, 0) is 25.3 Å². The third-order valence-corrected chi connectivity index (χ3v) is 5.07. The van der Waals surface area contributed by atoms with E-state index in [9.17, 15) is 8.42 Å². The van der Waals surface area contributed by atoms with Crippen LogP contribution in [0.5, 0.6) is 0 Å². The molecule has 2 atom stereocenters. The third-order valence-electron chi connectivity index (χ3n) is 3.51. The van der Waals surface area contributed by atoms with E-state index in [0.717, 1.165) is 18.4 Å². The SMILES string of the molecule is Cc1ccc([C@H]2OCCC[C@@H]2NS(=O)(=O)N(C)C)cc1. The maximum absolute atomic E-state index is 12.0. The summed E-state index contributed by atoms with van der Waals surface area (Å²) in [4.78, 5) is 0. The molecule has 1 N–H and O–H groups in total. The van der Waals surface area contributed by atoms with E-state index in [1.165, 1.54) is 24.0 Å². The fraction of sp³-hybridized carbons (Fsp3) is 0.571. The second-order valence-corrected chi connectivity index (χ2v) is 7.27. The van der Waals surface area contributed by atoms with Crippen LogP contribution in [-0.2, 0) is 14.9 Å². The molecular formula is C14H22N2O3S. The highest BCUT2D eigenvalue weighted by Gasteiger charge is 2.31. The summed E-state index contributed by atoms with van der Waals surface area (Å²) in [5, 5.41) is 0. The molecule has 0 aliphatic carbocycles. The highest BCUT2D eigenvalue weighted by atomic mass is 32.2. The molecule has 1 fully saturated rings. The molecule has 1 heterocycles. The summed E-state index contributed by atoms with van der Waals surface area (Å²) in [5.74, 6) is 0. The van der Waals surface area contributed by atoms with Crippen LogP contribution in [0, 0.1) is 6.92 Å². The fourth-order valence-corrected chi connectivity index (χ4v) is 3.12. The number of hydrogen-bond acceptors (Lipinski definition) is 3. The van der Waals surface area contributed by atoms with E-state index >= 15 is 0 Å². The van der Waals surface area contributed by atoms with Gasteiger partial charge in [0.15, 0.2) is 0 Å². The lowest BCUT2D eigenvalue weighted by Gasteiger charge is -2.33. The van der Waals surface area contributed by atoms with Crippen LogP contribution in [0.3, 0.4) is 0 Å². The number of nitrogens with zero attached hydrogens (tertiary/aromatic N) is 1. The van der Waals surface area contributed by atoms with E-state index in [2.05, 4.69) is 4.72 Å². The first kappa shape index (κ1) is 15.4. The van der Waals surface area contributed by atoms with Gasteiger partial charge in [-0.2, -0.15) is 17.4 Å². The van der Waals surface area contributed by atoms with Crippen molar-refractivity contribution in [3.63, 3.8) is 0 Å². The summed E-state index contributed by atoms with van der Waals surface area (Å²) in [5.41, 5.74) is 2.19. The van der Waals surface area contributed by atoms with E-state index in [-0.39, 0.29) is 12.1 Å². The molecule has 0 bridgehead atoms. The Morgan fingerprint density at radius 2 is 1.90 bits per heavy atom. The second kappa shape index (κ2) is 6.22. The minimum Gasteiger partial charge on any atom is -0.372 e. The molecule has 5 nitrogen and oxygen atoms in total. The molecule has 0 saturated carbocycles. The molecule has 6 heteroatoms.